The second-order valence-corrected chi connectivity index (χ2v) is 3.71. The Labute approximate surface area is 99.9 Å². The SMILES string of the molecule is [O-][n+]1cccc(C(O)/C=C/c2ccccc2)c1. The summed E-state index contributed by atoms with van der Waals surface area (Å²) >= 11 is 0. The van der Waals surface area contributed by atoms with Crippen molar-refractivity contribution in [3.8, 4) is 0 Å². The van der Waals surface area contributed by atoms with Gasteiger partial charge in [-0.05, 0) is 11.6 Å². The lowest BCUT2D eigenvalue weighted by molar-refractivity contribution is -0.606. The minimum atomic E-state index is -0.767. The van der Waals surface area contributed by atoms with Crippen LogP contribution in [0.25, 0.3) is 6.08 Å². The molecule has 1 N–H and O–H groups in total. The highest BCUT2D eigenvalue weighted by molar-refractivity contribution is 5.49. The first-order chi connectivity index (χ1) is 8.25. The molecule has 0 aliphatic heterocycles. The van der Waals surface area contributed by atoms with Crippen LogP contribution in [-0.2, 0) is 0 Å². The molecule has 0 saturated carbocycles. The fraction of sp³-hybridized carbons (Fsp3) is 0.0714. The molecular formula is C14H13NO2. The molecule has 1 atom stereocenters. The fourth-order valence-corrected chi connectivity index (χ4v) is 1.52. The van der Waals surface area contributed by atoms with E-state index in [0.29, 0.717) is 10.3 Å². The molecule has 0 aliphatic rings. The number of aliphatic hydroxyl groups is 1. The molecule has 2 aromatic rings. The lowest BCUT2D eigenvalue weighted by Crippen LogP contribution is -2.25. The largest absolute Gasteiger partial charge is 0.619 e. The summed E-state index contributed by atoms with van der Waals surface area (Å²) < 4.78 is 0.676. The van der Waals surface area contributed by atoms with Gasteiger partial charge in [0.05, 0.1) is 0 Å². The highest BCUT2D eigenvalue weighted by atomic mass is 16.5. The zero-order valence-corrected chi connectivity index (χ0v) is 9.23. The maximum Gasteiger partial charge on any atom is 0.186 e. The molecule has 17 heavy (non-hydrogen) atoms. The minimum absolute atomic E-state index is 0.578. The van der Waals surface area contributed by atoms with Crippen LogP contribution in [0.3, 0.4) is 0 Å². The Hall–Kier alpha value is -2.13. The van der Waals surface area contributed by atoms with Gasteiger partial charge >= 0.3 is 0 Å². The van der Waals surface area contributed by atoms with Gasteiger partial charge in [0.2, 0.25) is 0 Å². The molecule has 0 saturated heterocycles. The number of benzene rings is 1. The van der Waals surface area contributed by atoms with E-state index in [9.17, 15) is 10.3 Å². The molecule has 1 aromatic carbocycles. The zero-order valence-electron chi connectivity index (χ0n) is 9.23. The number of aliphatic hydroxyl groups excluding tert-OH is 1. The van der Waals surface area contributed by atoms with Gasteiger partial charge in [0.25, 0.3) is 0 Å². The van der Waals surface area contributed by atoms with E-state index in [2.05, 4.69) is 0 Å². The number of hydrogen-bond acceptors (Lipinski definition) is 2. The third kappa shape index (κ3) is 3.16. The summed E-state index contributed by atoms with van der Waals surface area (Å²) in [4.78, 5) is 0. The summed E-state index contributed by atoms with van der Waals surface area (Å²) in [6, 6.07) is 13.0. The quantitative estimate of drug-likeness (QED) is 0.644. The molecule has 0 aliphatic carbocycles. The lowest BCUT2D eigenvalue weighted by atomic mass is 10.1. The van der Waals surface area contributed by atoms with Crippen molar-refractivity contribution < 1.29 is 9.84 Å². The van der Waals surface area contributed by atoms with Gasteiger partial charge in [0, 0.05) is 11.6 Å². The molecule has 0 radical (unpaired) electrons. The Morgan fingerprint density at radius 3 is 2.59 bits per heavy atom. The van der Waals surface area contributed by atoms with Crippen LogP contribution in [0.1, 0.15) is 17.2 Å². The van der Waals surface area contributed by atoms with Crippen LogP contribution < -0.4 is 4.73 Å². The van der Waals surface area contributed by atoms with Gasteiger partial charge in [-0.2, -0.15) is 4.73 Å². The molecule has 3 heteroatoms. The van der Waals surface area contributed by atoms with Crippen molar-refractivity contribution in [1.29, 1.82) is 0 Å². The van der Waals surface area contributed by atoms with E-state index in [1.165, 1.54) is 12.4 Å². The van der Waals surface area contributed by atoms with Crippen LogP contribution in [0, 0.1) is 5.21 Å². The highest BCUT2D eigenvalue weighted by Crippen LogP contribution is 2.13. The summed E-state index contributed by atoms with van der Waals surface area (Å²) in [5, 5.41) is 20.9. The van der Waals surface area contributed by atoms with Gasteiger partial charge in [0.15, 0.2) is 12.4 Å². The van der Waals surface area contributed by atoms with E-state index in [4.69, 9.17) is 0 Å². The molecule has 1 aromatic heterocycles. The molecule has 86 valence electrons. The van der Waals surface area contributed by atoms with Gasteiger partial charge in [-0.3, -0.25) is 0 Å². The molecule has 0 spiro atoms. The average Bonchev–Trinajstić information content (AvgIpc) is 2.37. The van der Waals surface area contributed by atoms with Crippen LogP contribution in [0.4, 0.5) is 0 Å². The third-order valence-electron chi connectivity index (χ3n) is 2.41. The van der Waals surface area contributed by atoms with Crippen molar-refractivity contribution in [2.75, 3.05) is 0 Å². The second kappa shape index (κ2) is 5.27. The van der Waals surface area contributed by atoms with Crippen LogP contribution in [-0.4, -0.2) is 5.11 Å². The van der Waals surface area contributed by atoms with Crippen molar-refractivity contribution in [1.82, 2.24) is 0 Å². The average molecular weight is 227 g/mol. The van der Waals surface area contributed by atoms with Crippen LogP contribution in [0.5, 0.6) is 0 Å². The van der Waals surface area contributed by atoms with E-state index in [1.807, 2.05) is 36.4 Å². The van der Waals surface area contributed by atoms with E-state index < -0.39 is 6.10 Å². The van der Waals surface area contributed by atoms with Gasteiger partial charge < -0.3 is 10.3 Å². The molecule has 0 amide bonds. The van der Waals surface area contributed by atoms with Crippen molar-refractivity contribution in [3.05, 3.63) is 77.3 Å². The van der Waals surface area contributed by atoms with Crippen LogP contribution >= 0.6 is 0 Å². The first-order valence-corrected chi connectivity index (χ1v) is 5.36. The summed E-state index contributed by atoms with van der Waals surface area (Å²) in [5.41, 5.74) is 1.59. The predicted octanol–water partition coefficient (Wildman–Crippen LogP) is 2.07. The first kappa shape index (κ1) is 11.4. The van der Waals surface area contributed by atoms with Crippen molar-refractivity contribution >= 4 is 6.08 Å². The summed E-state index contributed by atoms with van der Waals surface area (Å²) in [6.07, 6.45) is 5.46. The van der Waals surface area contributed by atoms with Crippen molar-refractivity contribution in [2.45, 2.75) is 6.10 Å². The fourth-order valence-electron chi connectivity index (χ4n) is 1.52. The van der Waals surface area contributed by atoms with Crippen LogP contribution in [0.15, 0.2) is 60.9 Å². The number of nitrogens with zero attached hydrogens (tertiary/aromatic N) is 1. The smallest absolute Gasteiger partial charge is 0.186 e. The van der Waals surface area contributed by atoms with Crippen molar-refractivity contribution in [2.24, 2.45) is 0 Å². The van der Waals surface area contributed by atoms with Gasteiger partial charge in [-0.15, -0.1) is 0 Å². The summed E-state index contributed by atoms with van der Waals surface area (Å²) in [5.74, 6) is 0. The Bertz CT molecular complexity index is 509. The number of aromatic nitrogens is 1. The topological polar surface area (TPSA) is 47.2 Å². The van der Waals surface area contributed by atoms with E-state index in [-0.39, 0.29) is 0 Å². The normalized spacial score (nSPS) is 12.8. The molecule has 2 rings (SSSR count). The third-order valence-corrected chi connectivity index (χ3v) is 2.41. The molecule has 1 unspecified atom stereocenters. The number of rotatable bonds is 3. The number of pyridine rings is 1. The highest BCUT2D eigenvalue weighted by Gasteiger charge is 2.05. The van der Waals surface area contributed by atoms with Gasteiger partial charge in [-0.1, -0.05) is 42.5 Å². The van der Waals surface area contributed by atoms with Crippen LogP contribution in [0.2, 0.25) is 0 Å². The molecule has 0 bridgehead atoms. The Kier molecular flexibility index (Phi) is 3.52. The minimum Gasteiger partial charge on any atom is -0.619 e. The maximum absolute atomic E-state index is 11.1. The lowest BCUT2D eigenvalue weighted by Gasteiger charge is -2.04. The predicted molar refractivity (Wildman–Crippen MR) is 65.8 cm³/mol. The number of hydrogen-bond donors (Lipinski definition) is 1. The van der Waals surface area contributed by atoms with E-state index in [0.717, 1.165) is 5.56 Å². The Morgan fingerprint density at radius 2 is 1.88 bits per heavy atom. The molecule has 3 nitrogen and oxygen atoms in total. The van der Waals surface area contributed by atoms with Gasteiger partial charge in [-0.25, -0.2) is 0 Å². The zero-order chi connectivity index (χ0) is 12.1. The summed E-state index contributed by atoms with van der Waals surface area (Å²) in [7, 11) is 0. The van der Waals surface area contributed by atoms with Crippen molar-refractivity contribution in [3.63, 3.8) is 0 Å². The Morgan fingerprint density at radius 1 is 1.12 bits per heavy atom. The van der Waals surface area contributed by atoms with E-state index in [1.54, 1.807) is 18.2 Å². The van der Waals surface area contributed by atoms with Gasteiger partial charge in [0.1, 0.15) is 6.10 Å². The molecule has 0 fully saturated rings. The first-order valence-electron chi connectivity index (χ1n) is 5.36. The maximum atomic E-state index is 11.1. The second-order valence-electron chi connectivity index (χ2n) is 3.71. The Balaban J connectivity index is 2.12. The monoisotopic (exact) mass is 227 g/mol. The molecule has 1 heterocycles. The molecular weight excluding hydrogens is 214 g/mol. The summed E-state index contributed by atoms with van der Waals surface area (Å²) in [6.45, 7) is 0. The standard InChI is InChI=1S/C14H13NO2/c16-14(13-7-4-10-15(17)11-13)9-8-12-5-2-1-3-6-12/h1-11,14,16H/b9-8+. The van der Waals surface area contributed by atoms with E-state index >= 15 is 0 Å².